The van der Waals surface area contributed by atoms with Crippen molar-refractivity contribution in [3.8, 4) is 23.7 Å². The summed E-state index contributed by atoms with van der Waals surface area (Å²) in [5.41, 5.74) is 3.82. The molecular weight excluding hydrogens is 352 g/mol. The average Bonchev–Trinajstić information content (AvgIpc) is 2.69. The van der Waals surface area contributed by atoms with Crippen LogP contribution in [0.25, 0.3) is 0 Å². The molecule has 0 saturated heterocycles. The molecule has 3 aromatic carbocycles. The monoisotopic (exact) mass is 370 g/mol. The number of sulfone groups is 1. The maximum Gasteiger partial charge on any atom is 0.189 e. The molecule has 0 aliphatic rings. The molecule has 0 amide bonds. The zero-order chi connectivity index (χ0) is 19.1. The van der Waals surface area contributed by atoms with Crippen LogP contribution in [0.2, 0.25) is 0 Å². The van der Waals surface area contributed by atoms with Gasteiger partial charge in [0.2, 0.25) is 0 Å². The van der Waals surface area contributed by atoms with E-state index >= 15 is 0 Å². The zero-order valence-electron chi connectivity index (χ0n) is 14.9. The molecule has 0 atom stereocenters. The van der Waals surface area contributed by atoms with Crippen LogP contribution >= 0.6 is 0 Å². The molecule has 0 heterocycles. The Hall–Kier alpha value is -3.27. The molecule has 3 rings (SSSR count). The maximum atomic E-state index is 12.2. The summed E-state index contributed by atoms with van der Waals surface area (Å²) >= 11 is 0. The van der Waals surface area contributed by atoms with E-state index in [0.29, 0.717) is 4.90 Å². The van der Waals surface area contributed by atoms with Crippen LogP contribution in [0.4, 0.5) is 0 Å². The van der Waals surface area contributed by atoms with E-state index in [1.54, 1.807) is 30.3 Å². The largest absolute Gasteiger partial charge is 0.223 e. The first-order valence-electron chi connectivity index (χ1n) is 8.48. The smallest absolute Gasteiger partial charge is 0.189 e. The Bertz CT molecular complexity index is 1130. The van der Waals surface area contributed by atoms with Crippen LogP contribution in [-0.4, -0.2) is 14.2 Å². The molecule has 3 heteroatoms. The van der Waals surface area contributed by atoms with Gasteiger partial charge < -0.3 is 0 Å². The predicted molar refractivity (Wildman–Crippen MR) is 109 cm³/mol. The Morgan fingerprint density at radius 2 is 1.15 bits per heavy atom. The molecule has 0 aromatic heterocycles. The summed E-state index contributed by atoms with van der Waals surface area (Å²) in [6.07, 6.45) is 0. The molecule has 2 nitrogen and oxygen atoms in total. The second-order valence-corrected chi connectivity index (χ2v) is 8.06. The van der Waals surface area contributed by atoms with E-state index < -0.39 is 9.84 Å². The molecule has 0 aliphatic carbocycles. The number of hydrogen-bond acceptors (Lipinski definition) is 2. The number of aryl methyl sites for hydroxylation is 1. The normalized spacial score (nSPS) is 10.3. The molecule has 3 aromatic rings. The molecule has 0 fully saturated rings. The minimum absolute atomic E-state index is 0.202. The van der Waals surface area contributed by atoms with Gasteiger partial charge in [-0.2, -0.15) is 0 Å². The van der Waals surface area contributed by atoms with E-state index in [-0.39, 0.29) is 5.75 Å². The fourth-order valence-corrected chi connectivity index (χ4v) is 3.36. The second kappa shape index (κ2) is 8.41. The van der Waals surface area contributed by atoms with Gasteiger partial charge in [0.05, 0.1) is 4.90 Å². The van der Waals surface area contributed by atoms with Crippen molar-refractivity contribution in [1.29, 1.82) is 0 Å². The third kappa shape index (κ3) is 5.35. The molecule has 132 valence electrons. The van der Waals surface area contributed by atoms with Crippen LogP contribution < -0.4 is 0 Å². The topological polar surface area (TPSA) is 34.1 Å². The van der Waals surface area contributed by atoms with Crippen LogP contribution in [0.1, 0.15) is 22.3 Å². The molecule has 0 saturated carbocycles. The van der Waals surface area contributed by atoms with Crippen molar-refractivity contribution in [3.63, 3.8) is 0 Å². The maximum absolute atomic E-state index is 12.2. The van der Waals surface area contributed by atoms with Gasteiger partial charge in [0.25, 0.3) is 0 Å². The number of hydrogen-bond donors (Lipinski definition) is 0. The van der Waals surface area contributed by atoms with Gasteiger partial charge >= 0.3 is 0 Å². The van der Waals surface area contributed by atoms with Crippen LogP contribution in [0.15, 0.2) is 83.8 Å². The van der Waals surface area contributed by atoms with E-state index in [0.717, 1.165) is 16.7 Å². The van der Waals surface area contributed by atoms with Gasteiger partial charge in [-0.25, -0.2) is 8.42 Å². The molecule has 0 aliphatic heterocycles. The Morgan fingerprint density at radius 3 is 1.70 bits per heavy atom. The third-order valence-electron chi connectivity index (χ3n) is 3.88. The highest BCUT2D eigenvalue weighted by Gasteiger charge is 2.11. The van der Waals surface area contributed by atoms with Crippen LogP contribution in [0, 0.1) is 30.6 Å². The van der Waals surface area contributed by atoms with Crippen molar-refractivity contribution in [1.82, 2.24) is 0 Å². The SMILES string of the molecule is Cc1ccc(C#Cc2ccc(C#CCS(=O)(=O)c3ccccc3)cc2)cc1. The summed E-state index contributed by atoms with van der Waals surface area (Å²) in [6.45, 7) is 2.04. The average molecular weight is 370 g/mol. The Labute approximate surface area is 160 Å². The summed E-state index contributed by atoms with van der Waals surface area (Å²) < 4.78 is 24.4. The highest BCUT2D eigenvalue weighted by atomic mass is 32.2. The van der Waals surface area contributed by atoms with Crippen molar-refractivity contribution >= 4 is 9.84 Å². The van der Waals surface area contributed by atoms with Gasteiger partial charge in [0, 0.05) is 16.7 Å². The fraction of sp³-hybridized carbons (Fsp3) is 0.0833. The zero-order valence-corrected chi connectivity index (χ0v) is 15.8. The molecule has 0 unspecified atom stereocenters. The van der Waals surface area contributed by atoms with Crippen molar-refractivity contribution in [2.45, 2.75) is 11.8 Å². The second-order valence-electron chi connectivity index (χ2n) is 6.07. The lowest BCUT2D eigenvalue weighted by Gasteiger charge is -1.98. The van der Waals surface area contributed by atoms with E-state index in [9.17, 15) is 8.42 Å². The highest BCUT2D eigenvalue weighted by Crippen LogP contribution is 2.09. The van der Waals surface area contributed by atoms with Gasteiger partial charge in [0.1, 0.15) is 5.75 Å². The Kier molecular flexibility index (Phi) is 5.77. The van der Waals surface area contributed by atoms with Gasteiger partial charge in [-0.15, -0.1) is 0 Å². The van der Waals surface area contributed by atoms with Gasteiger partial charge in [-0.05, 0) is 55.5 Å². The first-order chi connectivity index (χ1) is 13.0. The fourth-order valence-electron chi connectivity index (χ4n) is 2.36. The first-order valence-corrected chi connectivity index (χ1v) is 10.1. The number of rotatable bonds is 2. The summed E-state index contributed by atoms with van der Waals surface area (Å²) in [4.78, 5) is 0.293. The molecular formula is C24H18O2S. The molecule has 0 N–H and O–H groups in total. The molecule has 0 spiro atoms. The van der Waals surface area contributed by atoms with Crippen LogP contribution in [0.3, 0.4) is 0 Å². The summed E-state index contributed by atoms with van der Waals surface area (Å²) in [5, 5.41) is 0. The molecule has 0 radical (unpaired) electrons. The number of benzene rings is 3. The minimum atomic E-state index is -3.38. The summed E-state index contributed by atoms with van der Waals surface area (Å²) in [5.74, 6) is 11.7. The van der Waals surface area contributed by atoms with E-state index in [2.05, 4.69) is 23.7 Å². The van der Waals surface area contributed by atoms with Crippen molar-refractivity contribution < 1.29 is 8.42 Å². The van der Waals surface area contributed by atoms with Crippen molar-refractivity contribution in [2.75, 3.05) is 5.75 Å². The Morgan fingerprint density at radius 1 is 0.667 bits per heavy atom. The van der Waals surface area contributed by atoms with Gasteiger partial charge in [-0.1, -0.05) is 59.6 Å². The quantitative estimate of drug-likeness (QED) is 0.633. The summed E-state index contributed by atoms with van der Waals surface area (Å²) in [7, 11) is -3.38. The molecule has 0 bridgehead atoms. The van der Waals surface area contributed by atoms with E-state index in [1.807, 2.05) is 55.5 Å². The van der Waals surface area contributed by atoms with Crippen molar-refractivity contribution in [2.24, 2.45) is 0 Å². The minimum Gasteiger partial charge on any atom is -0.223 e. The lowest BCUT2D eigenvalue weighted by atomic mass is 10.1. The molecule has 27 heavy (non-hydrogen) atoms. The lowest BCUT2D eigenvalue weighted by molar-refractivity contribution is 0.599. The van der Waals surface area contributed by atoms with Crippen LogP contribution in [0.5, 0.6) is 0 Å². The van der Waals surface area contributed by atoms with Gasteiger partial charge in [0.15, 0.2) is 9.84 Å². The van der Waals surface area contributed by atoms with E-state index in [4.69, 9.17) is 0 Å². The van der Waals surface area contributed by atoms with E-state index in [1.165, 1.54) is 5.56 Å². The Balaban J connectivity index is 1.67. The third-order valence-corrected chi connectivity index (χ3v) is 5.40. The predicted octanol–water partition coefficient (Wildman–Crippen LogP) is 4.22. The standard InChI is InChI=1S/C24H18O2S/c1-20-9-11-22(12-10-20)17-18-23-15-13-21(14-16-23)6-5-19-27(25,26)24-7-3-2-4-8-24/h2-4,7-16H,19H2,1H3. The van der Waals surface area contributed by atoms with Gasteiger partial charge in [-0.3, -0.25) is 0 Å². The first kappa shape index (κ1) is 18.5. The lowest BCUT2D eigenvalue weighted by Crippen LogP contribution is -2.04. The summed E-state index contributed by atoms with van der Waals surface area (Å²) in [6, 6.07) is 23.9. The highest BCUT2D eigenvalue weighted by molar-refractivity contribution is 7.91. The van der Waals surface area contributed by atoms with Crippen LogP contribution in [-0.2, 0) is 9.84 Å². The van der Waals surface area contributed by atoms with Crippen molar-refractivity contribution in [3.05, 3.63) is 101 Å².